The number of carbonyl (C=O) groups excluding carboxylic acids is 1. The third-order valence-electron chi connectivity index (χ3n) is 4.95. The van der Waals surface area contributed by atoms with E-state index in [0.717, 1.165) is 38.1 Å². The third kappa shape index (κ3) is 4.28. The van der Waals surface area contributed by atoms with Crippen LogP contribution in [0.15, 0.2) is 4.42 Å². The van der Waals surface area contributed by atoms with Gasteiger partial charge < -0.3 is 14.6 Å². The van der Waals surface area contributed by atoms with Crippen molar-refractivity contribution in [3.05, 3.63) is 11.8 Å². The third-order valence-corrected chi connectivity index (χ3v) is 4.95. The summed E-state index contributed by atoms with van der Waals surface area (Å²) in [6.45, 7) is 7.46. The van der Waals surface area contributed by atoms with Crippen molar-refractivity contribution < 1.29 is 9.21 Å². The number of rotatable bonds is 2. The SMILES string of the molecule is CC(C)(C)NC(=O)N1CCCC(c2nnc(C3CCCCC3)o2)C1. The molecule has 1 aromatic rings. The normalized spacial score (nSPS) is 23.3. The van der Waals surface area contributed by atoms with E-state index in [1.54, 1.807) is 0 Å². The smallest absolute Gasteiger partial charge is 0.317 e. The quantitative estimate of drug-likeness (QED) is 0.893. The van der Waals surface area contributed by atoms with Gasteiger partial charge in [0.1, 0.15) is 0 Å². The maximum absolute atomic E-state index is 12.4. The molecule has 1 N–H and O–H groups in total. The van der Waals surface area contributed by atoms with Gasteiger partial charge in [0.25, 0.3) is 0 Å². The number of nitrogens with one attached hydrogen (secondary N) is 1. The number of hydrogen-bond donors (Lipinski definition) is 1. The van der Waals surface area contributed by atoms with Crippen LogP contribution >= 0.6 is 0 Å². The first-order valence-electron chi connectivity index (χ1n) is 9.33. The minimum absolute atomic E-state index is 0.000723. The summed E-state index contributed by atoms with van der Waals surface area (Å²) in [5, 5.41) is 11.7. The Morgan fingerprint density at radius 3 is 2.33 bits per heavy atom. The maximum Gasteiger partial charge on any atom is 0.317 e. The molecule has 0 radical (unpaired) electrons. The van der Waals surface area contributed by atoms with Gasteiger partial charge in [-0.2, -0.15) is 0 Å². The predicted octanol–water partition coefficient (Wildman–Crippen LogP) is 3.80. The summed E-state index contributed by atoms with van der Waals surface area (Å²) in [5.41, 5.74) is -0.220. The Morgan fingerprint density at radius 1 is 1.04 bits per heavy atom. The lowest BCUT2D eigenvalue weighted by molar-refractivity contribution is 0.166. The Morgan fingerprint density at radius 2 is 1.67 bits per heavy atom. The molecule has 3 rings (SSSR count). The highest BCUT2D eigenvalue weighted by atomic mass is 16.4. The van der Waals surface area contributed by atoms with Crippen LogP contribution in [0.4, 0.5) is 4.79 Å². The molecule has 1 aliphatic heterocycles. The minimum Gasteiger partial charge on any atom is -0.425 e. The van der Waals surface area contributed by atoms with E-state index in [0.29, 0.717) is 18.4 Å². The van der Waals surface area contributed by atoms with Crippen LogP contribution in [0.1, 0.15) is 89.3 Å². The summed E-state index contributed by atoms with van der Waals surface area (Å²) >= 11 is 0. The van der Waals surface area contributed by atoms with Crippen molar-refractivity contribution in [1.29, 1.82) is 0 Å². The molecule has 2 aliphatic rings. The second-order valence-electron chi connectivity index (χ2n) is 8.28. The van der Waals surface area contributed by atoms with Crippen LogP contribution in [0.3, 0.4) is 0 Å². The summed E-state index contributed by atoms with van der Waals surface area (Å²) in [6, 6.07) is -0.000723. The Balaban J connectivity index is 1.62. The summed E-state index contributed by atoms with van der Waals surface area (Å²) in [5.74, 6) is 2.11. The average molecular weight is 334 g/mol. The van der Waals surface area contributed by atoms with Gasteiger partial charge in [-0.1, -0.05) is 19.3 Å². The fraction of sp³-hybridized carbons (Fsp3) is 0.833. The van der Waals surface area contributed by atoms with E-state index in [1.165, 1.54) is 19.3 Å². The van der Waals surface area contributed by atoms with E-state index in [1.807, 2.05) is 25.7 Å². The molecule has 0 bridgehead atoms. The van der Waals surface area contributed by atoms with Gasteiger partial charge in [0, 0.05) is 24.5 Å². The van der Waals surface area contributed by atoms with E-state index in [-0.39, 0.29) is 17.5 Å². The number of urea groups is 1. The zero-order chi connectivity index (χ0) is 17.2. The van der Waals surface area contributed by atoms with Crippen LogP contribution in [-0.4, -0.2) is 39.8 Å². The number of hydrogen-bond acceptors (Lipinski definition) is 4. The van der Waals surface area contributed by atoms with Crippen LogP contribution < -0.4 is 5.32 Å². The maximum atomic E-state index is 12.4. The second kappa shape index (κ2) is 7.11. The van der Waals surface area contributed by atoms with Gasteiger partial charge in [-0.3, -0.25) is 0 Å². The Kier molecular flexibility index (Phi) is 5.11. The highest BCUT2D eigenvalue weighted by Crippen LogP contribution is 2.34. The number of carbonyl (C=O) groups is 1. The fourth-order valence-electron chi connectivity index (χ4n) is 3.69. The van der Waals surface area contributed by atoms with Crippen molar-refractivity contribution in [2.45, 2.75) is 83.1 Å². The van der Waals surface area contributed by atoms with Crippen LogP contribution in [0.2, 0.25) is 0 Å². The van der Waals surface area contributed by atoms with Gasteiger partial charge in [-0.05, 0) is 46.5 Å². The molecule has 2 amide bonds. The van der Waals surface area contributed by atoms with Gasteiger partial charge in [-0.25, -0.2) is 4.79 Å². The molecule has 24 heavy (non-hydrogen) atoms. The number of likely N-dealkylation sites (tertiary alicyclic amines) is 1. The topological polar surface area (TPSA) is 71.3 Å². The van der Waals surface area contributed by atoms with E-state index < -0.39 is 0 Å². The van der Waals surface area contributed by atoms with E-state index in [4.69, 9.17) is 4.42 Å². The lowest BCUT2D eigenvalue weighted by atomic mass is 9.89. The molecule has 1 aromatic heterocycles. The molecular formula is C18H30N4O2. The molecule has 6 nitrogen and oxygen atoms in total. The molecule has 0 spiro atoms. The van der Waals surface area contributed by atoms with Crippen molar-refractivity contribution in [2.24, 2.45) is 0 Å². The standard InChI is InChI=1S/C18H30N4O2/c1-18(2,3)19-17(23)22-11-7-10-14(12-22)16-21-20-15(24-16)13-8-5-4-6-9-13/h13-14H,4-12H2,1-3H3,(H,19,23). The molecule has 2 fully saturated rings. The van der Waals surface area contributed by atoms with Gasteiger partial charge >= 0.3 is 6.03 Å². The van der Waals surface area contributed by atoms with Crippen molar-refractivity contribution in [3.63, 3.8) is 0 Å². The predicted molar refractivity (Wildman–Crippen MR) is 92.0 cm³/mol. The summed E-state index contributed by atoms with van der Waals surface area (Å²) < 4.78 is 6.01. The van der Waals surface area contributed by atoms with E-state index >= 15 is 0 Å². The minimum atomic E-state index is -0.220. The molecule has 1 saturated carbocycles. The second-order valence-corrected chi connectivity index (χ2v) is 8.28. The number of amides is 2. The fourth-order valence-corrected chi connectivity index (χ4v) is 3.69. The van der Waals surface area contributed by atoms with Gasteiger partial charge in [0.05, 0.1) is 5.92 Å². The van der Waals surface area contributed by atoms with Crippen molar-refractivity contribution in [2.75, 3.05) is 13.1 Å². The number of piperidine rings is 1. The number of aromatic nitrogens is 2. The van der Waals surface area contributed by atoms with Crippen molar-refractivity contribution >= 4 is 6.03 Å². The monoisotopic (exact) mass is 334 g/mol. The van der Waals surface area contributed by atoms with Crippen molar-refractivity contribution in [1.82, 2.24) is 20.4 Å². The highest BCUT2D eigenvalue weighted by Gasteiger charge is 2.30. The molecule has 134 valence electrons. The lowest BCUT2D eigenvalue weighted by Gasteiger charge is -2.33. The van der Waals surface area contributed by atoms with E-state index in [2.05, 4.69) is 15.5 Å². The Labute approximate surface area is 144 Å². The first-order valence-corrected chi connectivity index (χ1v) is 9.33. The zero-order valence-corrected chi connectivity index (χ0v) is 15.2. The van der Waals surface area contributed by atoms with Crippen LogP contribution in [0.5, 0.6) is 0 Å². The molecule has 1 saturated heterocycles. The van der Waals surface area contributed by atoms with E-state index in [9.17, 15) is 4.79 Å². The molecule has 2 heterocycles. The van der Waals surface area contributed by atoms with Gasteiger partial charge in [-0.15, -0.1) is 10.2 Å². The first kappa shape index (κ1) is 17.2. The molecule has 6 heteroatoms. The van der Waals surface area contributed by atoms with Crippen LogP contribution in [-0.2, 0) is 0 Å². The van der Waals surface area contributed by atoms with Crippen LogP contribution in [0.25, 0.3) is 0 Å². The Hall–Kier alpha value is -1.59. The molecule has 1 atom stereocenters. The van der Waals surface area contributed by atoms with Gasteiger partial charge in [0.2, 0.25) is 11.8 Å². The molecule has 1 aliphatic carbocycles. The molecule has 1 unspecified atom stereocenters. The molecule has 0 aromatic carbocycles. The Bertz CT molecular complexity index is 558. The zero-order valence-electron chi connectivity index (χ0n) is 15.2. The largest absolute Gasteiger partial charge is 0.425 e. The average Bonchev–Trinajstić information content (AvgIpc) is 3.04. The highest BCUT2D eigenvalue weighted by molar-refractivity contribution is 5.75. The van der Waals surface area contributed by atoms with Gasteiger partial charge in [0.15, 0.2) is 0 Å². The summed E-state index contributed by atoms with van der Waals surface area (Å²) in [4.78, 5) is 14.3. The number of nitrogens with zero attached hydrogens (tertiary/aromatic N) is 3. The summed E-state index contributed by atoms with van der Waals surface area (Å²) in [6.07, 6.45) is 8.13. The first-order chi connectivity index (χ1) is 11.4. The van der Waals surface area contributed by atoms with Crippen molar-refractivity contribution in [3.8, 4) is 0 Å². The summed E-state index contributed by atoms with van der Waals surface area (Å²) in [7, 11) is 0. The lowest BCUT2D eigenvalue weighted by Crippen LogP contribution is -2.51. The molecular weight excluding hydrogens is 304 g/mol. The van der Waals surface area contributed by atoms with Crippen LogP contribution in [0, 0.1) is 0 Å².